The summed E-state index contributed by atoms with van der Waals surface area (Å²) in [6.45, 7) is 17.1. The first-order chi connectivity index (χ1) is 13.8. The Morgan fingerprint density at radius 3 is 2.62 bits per heavy atom. The average Bonchev–Trinajstić information content (AvgIpc) is 3.31. The van der Waals surface area contributed by atoms with Gasteiger partial charge in [-0.15, -0.1) is 11.3 Å². The Hall–Kier alpha value is -1.93. The molecule has 0 aliphatic carbocycles. The summed E-state index contributed by atoms with van der Waals surface area (Å²) in [6, 6.07) is 2.02. The zero-order valence-electron chi connectivity index (χ0n) is 18.4. The highest BCUT2D eigenvalue weighted by atomic mass is 32.1. The molecule has 29 heavy (non-hydrogen) atoms. The summed E-state index contributed by atoms with van der Waals surface area (Å²) in [5, 5.41) is 10.9. The summed E-state index contributed by atoms with van der Waals surface area (Å²) >= 11 is 1.75. The van der Waals surface area contributed by atoms with Crippen LogP contribution in [0.15, 0.2) is 21.0 Å². The summed E-state index contributed by atoms with van der Waals surface area (Å²) in [6.07, 6.45) is 0.890. The van der Waals surface area contributed by atoms with Gasteiger partial charge in [-0.1, -0.05) is 25.9 Å². The van der Waals surface area contributed by atoms with E-state index in [9.17, 15) is 0 Å². The maximum atomic E-state index is 5.18. The molecule has 0 aromatic carbocycles. The molecule has 0 unspecified atom stereocenters. The third kappa shape index (κ3) is 6.27. The predicted octanol–water partition coefficient (Wildman–Crippen LogP) is 3.06. The van der Waals surface area contributed by atoms with E-state index in [1.807, 2.05) is 13.0 Å². The second-order valence-electron chi connectivity index (χ2n) is 8.55. The summed E-state index contributed by atoms with van der Waals surface area (Å²) in [4.78, 5) is 14.4. The first-order valence-electron chi connectivity index (χ1n) is 10.5. The Morgan fingerprint density at radius 1 is 1.28 bits per heavy atom. The first-order valence-corrected chi connectivity index (χ1v) is 11.4. The topological polar surface area (TPSA) is 69.8 Å². The maximum absolute atomic E-state index is 5.18. The molecule has 0 amide bonds. The Kier molecular flexibility index (Phi) is 7.29. The van der Waals surface area contributed by atoms with Gasteiger partial charge in [0.2, 0.25) is 0 Å². The number of aromatic nitrogens is 2. The van der Waals surface area contributed by atoms with Gasteiger partial charge in [-0.05, 0) is 13.8 Å². The molecule has 1 saturated heterocycles. The fourth-order valence-corrected chi connectivity index (χ4v) is 4.31. The number of hydrogen-bond donors (Lipinski definition) is 1. The molecule has 1 aliphatic heterocycles. The molecule has 0 atom stereocenters. The highest BCUT2D eigenvalue weighted by Crippen LogP contribution is 2.24. The number of nitrogens with one attached hydrogen (secondary N) is 1. The van der Waals surface area contributed by atoms with Crippen LogP contribution in [0.2, 0.25) is 0 Å². The largest absolute Gasteiger partial charge is 0.361 e. The molecule has 7 nitrogen and oxygen atoms in total. The zero-order valence-corrected chi connectivity index (χ0v) is 19.2. The van der Waals surface area contributed by atoms with Crippen LogP contribution in [0.3, 0.4) is 0 Å². The molecule has 3 heterocycles. The van der Waals surface area contributed by atoms with Crippen molar-refractivity contribution in [2.45, 2.75) is 53.0 Å². The number of hydrogen-bond acceptors (Lipinski definition) is 6. The molecule has 8 heteroatoms. The monoisotopic (exact) mass is 418 g/mol. The Balaban J connectivity index is 1.51. The van der Waals surface area contributed by atoms with Gasteiger partial charge < -0.3 is 14.7 Å². The van der Waals surface area contributed by atoms with Gasteiger partial charge in [-0.3, -0.25) is 9.89 Å². The molecular formula is C21H34N6OS. The molecule has 2 aromatic rings. The van der Waals surface area contributed by atoms with E-state index in [0.29, 0.717) is 0 Å². The van der Waals surface area contributed by atoms with E-state index in [0.717, 1.165) is 69.6 Å². The Morgan fingerprint density at radius 2 is 2.03 bits per heavy atom. The van der Waals surface area contributed by atoms with Crippen molar-refractivity contribution in [2.75, 3.05) is 39.3 Å². The van der Waals surface area contributed by atoms with Crippen molar-refractivity contribution in [3.63, 3.8) is 0 Å². The van der Waals surface area contributed by atoms with E-state index in [4.69, 9.17) is 14.5 Å². The van der Waals surface area contributed by atoms with Crippen molar-refractivity contribution in [3.05, 3.63) is 33.6 Å². The smallest absolute Gasteiger partial charge is 0.194 e. The molecular weight excluding hydrogens is 384 g/mol. The van der Waals surface area contributed by atoms with Crippen molar-refractivity contribution in [3.8, 4) is 0 Å². The SMILES string of the molecule is CCNC(=NCCc1nc(C(C)(C)C)cs1)N1CCN(Cc2cc(C)on2)CC1. The quantitative estimate of drug-likeness (QED) is 0.574. The van der Waals surface area contributed by atoms with Gasteiger partial charge in [0, 0.05) is 69.1 Å². The van der Waals surface area contributed by atoms with E-state index in [1.54, 1.807) is 11.3 Å². The van der Waals surface area contributed by atoms with Crippen LogP contribution in [0.4, 0.5) is 0 Å². The summed E-state index contributed by atoms with van der Waals surface area (Å²) < 4.78 is 5.18. The normalized spacial score (nSPS) is 16.4. The van der Waals surface area contributed by atoms with E-state index in [-0.39, 0.29) is 5.41 Å². The lowest BCUT2D eigenvalue weighted by Crippen LogP contribution is -2.52. The number of piperazine rings is 1. The average molecular weight is 419 g/mol. The molecule has 2 aromatic heterocycles. The lowest BCUT2D eigenvalue weighted by atomic mass is 9.93. The van der Waals surface area contributed by atoms with Gasteiger partial charge in [-0.2, -0.15) is 0 Å². The third-order valence-electron chi connectivity index (χ3n) is 4.98. The van der Waals surface area contributed by atoms with Crippen LogP contribution in [0.5, 0.6) is 0 Å². The molecule has 3 rings (SSSR count). The van der Waals surface area contributed by atoms with E-state index < -0.39 is 0 Å². The standard InChI is InChI=1S/C21H34N6OS/c1-6-22-20(23-8-7-19-24-18(15-29-19)21(3,4)5)27-11-9-26(10-12-27)14-17-13-16(2)28-25-17/h13,15H,6-12,14H2,1-5H3,(H,22,23). The molecule has 0 spiro atoms. The van der Waals surface area contributed by atoms with Gasteiger partial charge in [0.15, 0.2) is 5.96 Å². The fraction of sp³-hybridized carbons (Fsp3) is 0.667. The molecule has 1 fully saturated rings. The number of aryl methyl sites for hydroxylation is 1. The minimum absolute atomic E-state index is 0.108. The molecule has 160 valence electrons. The summed E-state index contributed by atoms with van der Waals surface area (Å²) in [5.74, 6) is 1.88. The van der Waals surface area contributed by atoms with Crippen LogP contribution >= 0.6 is 11.3 Å². The molecule has 1 aliphatic rings. The van der Waals surface area contributed by atoms with Gasteiger partial charge >= 0.3 is 0 Å². The van der Waals surface area contributed by atoms with E-state index in [1.165, 1.54) is 10.7 Å². The zero-order chi connectivity index (χ0) is 20.9. The fourth-order valence-electron chi connectivity index (χ4n) is 3.29. The second kappa shape index (κ2) is 9.71. The van der Waals surface area contributed by atoms with Gasteiger partial charge in [0.1, 0.15) is 5.76 Å². The molecule has 0 bridgehead atoms. The molecule has 1 N–H and O–H groups in total. The lowest BCUT2D eigenvalue weighted by molar-refractivity contribution is 0.169. The number of aliphatic imine (C=N–C) groups is 1. The van der Waals surface area contributed by atoms with Crippen LogP contribution in [-0.2, 0) is 18.4 Å². The number of nitrogens with zero attached hydrogens (tertiary/aromatic N) is 5. The van der Waals surface area contributed by atoms with Crippen LogP contribution in [-0.4, -0.2) is 65.2 Å². The minimum atomic E-state index is 0.108. The molecule has 0 saturated carbocycles. The van der Waals surface area contributed by atoms with Crippen LogP contribution in [0, 0.1) is 6.92 Å². The molecule has 0 radical (unpaired) electrons. The van der Waals surface area contributed by atoms with Crippen molar-refractivity contribution in [1.29, 1.82) is 0 Å². The van der Waals surface area contributed by atoms with Crippen molar-refractivity contribution < 1.29 is 4.52 Å². The lowest BCUT2D eigenvalue weighted by Gasteiger charge is -2.36. The van der Waals surface area contributed by atoms with Gasteiger partial charge in [0.25, 0.3) is 0 Å². The van der Waals surface area contributed by atoms with Crippen molar-refractivity contribution >= 4 is 17.3 Å². The summed E-state index contributed by atoms with van der Waals surface area (Å²) in [7, 11) is 0. The number of guanidine groups is 1. The van der Waals surface area contributed by atoms with Gasteiger partial charge in [0.05, 0.1) is 16.4 Å². The van der Waals surface area contributed by atoms with E-state index >= 15 is 0 Å². The van der Waals surface area contributed by atoms with Gasteiger partial charge in [-0.25, -0.2) is 4.98 Å². The van der Waals surface area contributed by atoms with Crippen LogP contribution in [0.25, 0.3) is 0 Å². The highest BCUT2D eigenvalue weighted by Gasteiger charge is 2.21. The van der Waals surface area contributed by atoms with E-state index in [2.05, 4.69) is 53.3 Å². The van der Waals surface area contributed by atoms with Crippen molar-refractivity contribution in [1.82, 2.24) is 25.3 Å². The van der Waals surface area contributed by atoms with Crippen LogP contribution in [0.1, 0.15) is 49.9 Å². The van der Waals surface area contributed by atoms with Crippen LogP contribution < -0.4 is 5.32 Å². The summed E-state index contributed by atoms with van der Waals surface area (Å²) in [5.41, 5.74) is 2.29. The maximum Gasteiger partial charge on any atom is 0.194 e. The Bertz CT molecular complexity index is 798. The minimum Gasteiger partial charge on any atom is -0.361 e. The number of rotatable bonds is 6. The first kappa shape index (κ1) is 21.8. The Labute approximate surface area is 178 Å². The predicted molar refractivity (Wildman–Crippen MR) is 119 cm³/mol. The third-order valence-corrected chi connectivity index (χ3v) is 5.89. The second-order valence-corrected chi connectivity index (χ2v) is 9.50. The highest BCUT2D eigenvalue weighted by molar-refractivity contribution is 7.09. The van der Waals surface area contributed by atoms with Crippen molar-refractivity contribution in [2.24, 2.45) is 4.99 Å². The number of thiazole rings is 1.